The van der Waals surface area contributed by atoms with Crippen molar-refractivity contribution in [2.24, 2.45) is 0 Å². The fourth-order valence-corrected chi connectivity index (χ4v) is 3.28. The molecule has 0 saturated heterocycles. The fraction of sp³-hybridized carbons (Fsp3) is 0.304. The molecule has 0 spiro atoms. The van der Waals surface area contributed by atoms with Crippen molar-refractivity contribution in [1.29, 1.82) is 0 Å². The Bertz CT molecular complexity index is 991. The summed E-state index contributed by atoms with van der Waals surface area (Å²) in [6.07, 6.45) is 1.37. The number of rotatable bonds is 10. The van der Waals surface area contributed by atoms with Gasteiger partial charge in [-0.15, -0.1) is 0 Å². The van der Waals surface area contributed by atoms with E-state index >= 15 is 0 Å². The molecule has 31 heavy (non-hydrogen) atoms. The van der Waals surface area contributed by atoms with Crippen LogP contribution in [0.25, 0.3) is 0 Å². The molecule has 0 bridgehead atoms. The summed E-state index contributed by atoms with van der Waals surface area (Å²) < 4.78 is 18.8. The Labute approximate surface area is 186 Å². The lowest BCUT2D eigenvalue weighted by molar-refractivity contribution is 0.0946. The van der Waals surface area contributed by atoms with Gasteiger partial charge in [0.05, 0.1) is 6.54 Å². The number of nitrogens with zero attached hydrogens (tertiary/aromatic N) is 3. The van der Waals surface area contributed by atoms with Gasteiger partial charge in [0.15, 0.2) is 5.69 Å². The van der Waals surface area contributed by atoms with Crippen LogP contribution in [-0.2, 0) is 19.6 Å². The van der Waals surface area contributed by atoms with Crippen LogP contribution in [0.2, 0.25) is 5.02 Å². The van der Waals surface area contributed by atoms with Gasteiger partial charge in [0.25, 0.3) is 5.91 Å². The second-order valence-electron chi connectivity index (χ2n) is 7.59. The maximum atomic E-state index is 13.3. The molecule has 6 nitrogen and oxygen atoms in total. The first-order valence-corrected chi connectivity index (χ1v) is 10.4. The summed E-state index contributed by atoms with van der Waals surface area (Å²) in [5.74, 6) is -0.110. The van der Waals surface area contributed by atoms with Crippen LogP contribution >= 0.6 is 11.6 Å². The monoisotopic (exact) mass is 444 g/mol. The molecule has 0 aliphatic heterocycles. The van der Waals surface area contributed by atoms with Crippen molar-refractivity contribution in [3.8, 4) is 0 Å². The van der Waals surface area contributed by atoms with E-state index in [9.17, 15) is 9.18 Å². The molecule has 1 aromatic heterocycles. The number of benzene rings is 2. The molecule has 1 amide bonds. The van der Waals surface area contributed by atoms with Gasteiger partial charge in [0.1, 0.15) is 12.1 Å². The Balaban J connectivity index is 1.69. The Morgan fingerprint density at radius 3 is 2.55 bits per heavy atom. The van der Waals surface area contributed by atoms with Crippen LogP contribution in [0.4, 0.5) is 4.39 Å². The maximum absolute atomic E-state index is 13.3. The van der Waals surface area contributed by atoms with Gasteiger partial charge in [0.2, 0.25) is 5.89 Å². The molecule has 3 rings (SSSR count). The number of nitrogens with one attached hydrogen (secondary N) is 1. The van der Waals surface area contributed by atoms with Crippen molar-refractivity contribution in [3.05, 3.63) is 88.3 Å². The van der Waals surface area contributed by atoms with E-state index < -0.39 is 0 Å². The zero-order chi connectivity index (χ0) is 22.2. The minimum atomic E-state index is -0.275. The number of hydrogen-bond donors (Lipinski definition) is 1. The van der Waals surface area contributed by atoms with Gasteiger partial charge in [-0.2, -0.15) is 0 Å². The lowest BCUT2D eigenvalue weighted by Gasteiger charge is -2.21. The SMILES string of the molecule is CN(C)CCNC(=O)c1coc(CN(Cc2ccc(F)cc2)Cc2cccc(Cl)c2)n1. The third-order valence-corrected chi connectivity index (χ3v) is 4.84. The molecule has 0 saturated carbocycles. The number of halogens is 2. The quantitative estimate of drug-likeness (QED) is 0.513. The van der Waals surface area contributed by atoms with Crippen LogP contribution in [0.1, 0.15) is 27.5 Å². The van der Waals surface area contributed by atoms with Crippen LogP contribution in [0, 0.1) is 5.82 Å². The zero-order valence-electron chi connectivity index (χ0n) is 17.6. The minimum Gasteiger partial charge on any atom is -0.447 e. The van der Waals surface area contributed by atoms with E-state index in [1.807, 2.05) is 43.3 Å². The zero-order valence-corrected chi connectivity index (χ0v) is 18.4. The number of amides is 1. The molecule has 1 N–H and O–H groups in total. The van der Waals surface area contributed by atoms with Crippen molar-refractivity contribution in [2.45, 2.75) is 19.6 Å². The number of likely N-dealkylation sites (N-methyl/N-ethyl adjacent to an activating group) is 1. The van der Waals surface area contributed by atoms with E-state index in [0.717, 1.165) is 17.7 Å². The molecule has 0 unspecified atom stereocenters. The third-order valence-electron chi connectivity index (χ3n) is 4.60. The van der Waals surface area contributed by atoms with E-state index in [1.165, 1.54) is 18.4 Å². The molecule has 164 valence electrons. The first-order chi connectivity index (χ1) is 14.9. The Morgan fingerprint density at radius 1 is 1.10 bits per heavy atom. The summed E-state index contributed by atoms with van der Waals surface area (Å²) in [4.78, 5) is 20.7. The average molecular weight is 445 g/mol. The molecule has 1 heterocycles. The number of aromatic nitrogens is 1. The Morgan fingerprint density at radius 2 is 1.84 bits per heavy atom. The highest BCUT2D eigenvalue weighted by Gasteiger charge is 2.16. The summed E-state index contributed by atoms with van der Waals surface area (Å²) in [7, 11) is 3.88. The van der Waals surface area contributed by atoms with Crippen LogP contribution in [-0.4, -0.2) is 47.9 Å². The lowest BCUT2D eigenvalue weighted by atomic mass is 10.1. The van der Waals surface area contributed by atoms with Crippen LogP contribution < -0.4 is 5.32 Å². The summed E-state index contributed by atoms with van der Waals surface area (Å²) in [6, 6.07) is 14.0. The van der Waals surface area contributed by atoms with Gasteiger partial charge in [-0.25, -0.2) is 9.37 Å². The molecule has 2 aromatic carbocycles. The molecule has 0 fully saturated rings. The fourth-order valence-electron chi connectivity index (χ4n) is 3.07. The van der Waals surface area contributed by atoms with Crippen molar-refractivity contribution in [3.63, 3.8) is 0 Å². The molecule has 0 aliphatic rings. The predicted octanol–water partition coefficient (Wildman–Crippen LogP) is 3.96. The molecular weight excluding hydrogens is 419 g/mol. The van der Waals surface area contributed by atoms with Gasteiger partial charge in [-0.1, -0.05) is 35.9 Å². The van der Waals surface area contributed by atoms with Crippen LogP contribution in [0.5, 0.6) is 0 Å². The van der Waals surface area contributed by atoms with Crippen LogP contribution in [0.15, 0.2) is 59.2 Å². The number of carbonyl (C=O) groups is 1. The number of hydrogen-bond acceptors (Lipinski definition) is 5. The smallest absolute Gasteiger partial charge is 0.273 e. The second-order valence-corrected chi connectivity index (χ2v) is 8.02. The summed E-state index contributed by atoms with van der Waals surface area (Å²) in [6.45, 7) is 2.79. The number of oxazole rings is 1. The second kappa shape index (κ2) is 11.0. The normalized spacial score (nSPS) is 11.3. The van der Waals surface area contributed by atoms with Gasteiger partial charge >= 0.3 is 0 Å². The van der Waals surface area contributed by atoms with Crippen molar-refractivity contribution >= 4 is 17.5 Å². The molecule has 0 atom stereocenters. The molecule has 0 radical (unpaired) electrons. The maximum Gasteiger partial charge on any atom is 0.273 e. The van der Waals surface area contributed by atoms with Gasteiger partial charge in [0, 0.05) is 31.2 Å². The van der Waals surface area contributed by atoms with E-state index in [0.29, 0.717) is 37.1 Å². The Hall–Kier alpha value is -2.74. The van der Waals surface area contributed by atoms with E-state index in [-0.39, 0.29) is 17.4 Å². The topological polar surface area (TPSA) is 61.6 Å². The van der Waals surface area contributed by atoms with E-state index in [1.54, 1.807) is 12.1 Å². The molecule has 0 aliphatic carbocycles. The predicted molar refractivity (Wildman–Crippen MR) is 118 cm³/mol. The van der Waals surface area contributed by atoms with Crippen molar-refractivity contribution in [2.75, 3.05) is 27.2 Å². The minimum absolute atomic E-state index is 0.248. The summed E-state index contributed by atoms with van der Waals surface area (Å²) in [5.41, 5.74) is 2.23. The molecular formula is C23H26ClFN4O2. The van der Waals surface area contributed by atoms with E-state index in [4.69, 9.17) is 16.0 Å². The standard InChI is InChI=1S/C23H26ClFN4O2/c1-28(2)11-10-26-23(30)21-16-31-22(27-21)15-29(13-17-6-8-20(25)9-7-17)14-18-4-3-5-19(24)12-18/h3-9,12,16H,10-11,13-15H2,1-2H3,(H,26,30). The third kappa shape index (κ3) is 7.47. The molecule has 3 aromatic rings. The highest BCUT2D eigenvalue weighted by molar-refractivity contribution is 6.30. The highest BCUT2D eigenvalue weighted by atomic mass is 35.5. The highest BCUT2D eigenvalue weighted by Crippen LogP contribution is 2.17. The summed E-state index contributed by atoms with van der Waals surface area (Å²) >= 11 is 6.13. The van der Waals surface area contributed by atoms with Gasteiger partial charge in [-0.3, -0.25) is 9.69 Å². The first-order valence-electron chi connectivity index (χ1n) is 9.97. The van der Waals surface area contributed by atoms with Crippen molar-refractivity contribution in [1.82, 2.24) is 20.1 Å². The van der Waals surface area contributed by atoms with Gasteiger partial charge < -0.3 is 14.6 Å². The van der Waals surface area contributed by atoms with E-state index in [2.05, 4.69) is 15.2 Å². The summed E-state index contributed by atoms with van der Waals surface area (Å²) in [5, 5.41) is 3.48. The lowest BCUT2D eigenvalue weighted by Crippen LogP contribution is -2.31. The van der Waals surface area contributed by atoms with Crippen molar-refractivity contribution < 1.29 is 13.6 Å². The van der Waals surface area contributed by atoms with Crippen LogP contribution in [0.3, 0.4) is 0 Å². The average Bonchev–Trinajstić information content (AvgIpc) is 3.18. The van der Waals surface area contributed by atoms with Gasteiger partial charge in [-0.05, 0) is 49.5 Å². The number of carbonyl (C=O) groups excluding carboxylic acids is 1. The molecule has 8 heteroatoms. The first kappa shape index (κ1) is 22.9. The largest absolute Gasteiger partial charge is 0.447 e. The Kier molecular flexibility index (Phi) is 8.17.